The zero-order valence-electron chi connectivity index (χ0n) is 7.96. The van der Waals surface area contributed by atoms with Gasteiger partial charge in [-0.25, -0.2) is 4.68 Å². The lowest BCUT2D eigenvalue weighted by molar-refractivity contribution is 0.616. The highest BCUT2D eigenvalue weighted by atomic mass is 35.5. The molecule has 6 heteroatoms. The summed E-state index contributed by atoms with van der Waals surface area (Å²) in [6.07, 6.45) is 1.53. The fraction of sp³-hybridized carbons (Fsp3) is 0.500. The van der Waals surface area contributed by atoms with E-state index in [9.17, 15) is 4.79 Å². The standard InChI is InChI=1S/C8H13ClN4O/c1-2-13-8(14)7(9)6(5-12-13)11-4-3-10/h5,11H,2-4,10H2,1H3. The van der Waals surface area contributed by atoms with Gasteiger partial charge in [0.15, 0.2) is 0 Å². The Morgan fingerprint density at radius 3 is 3.00 bits per heavy atom. The molecule has 0 saturated heterocycles. The highest BCUT2D eigenvalue weighted by molar-refractivity contribution is 6.32. The van der Waals surface area contributed by atoms with Crippen LogP contribution in [-0.2, 0) is 6.54 Å². The molecule has 0 unspecified atom stereocenters. The zero-order chi connectivity index (χ0) is 10.6. The number of hydrogen-bond donors (Lipinski definition) is 2. The molecule has 1 aromatic rings. The minimum Gasteiger partial charge on any atom is -0.381 e. The lowest BCUT2D eigenvalue weighted by Crippen LogP contribution is -2.24. The molecule has 0 atom stereocenters. The molecule has 0 aliphatic rings. The van der Waals surface area contributed by atoms with Gasteiger partial charge in [0.1, 0.15) is 5.02 Å². The summed E-state index contributed by atoms with van der Waals surface area (Å²) in [5.74, 6) is 0. The number of nitrogens with two attached hydrogens (primary N) is 1. The molecule has 0 radical (unpaired) electrons. The number of hydrogen-bond acceptors (Lipinski definition) is 4. The van der Waals surface area contributed by atoms with Gasteiger partial charge in [-0.3, -0.25) is 4.79 Å². The summed E-state index contributed by atoms with van der Waals surface area (Å²) in [7, 11) is 0. The van der Waals surface area contributed by atoms with Crippen molar-refractivity contribution in [2.75, 3.05) is 18.4 Å². The molecular formula is C8H13ClN4O. The van der Waals surface area contributed by atoms with Crippen LogP contribution in [-0.4, -0.2) is 22.9 Å². The zero-order valence-corrected chi connectivity index (χ0v) is 8.71. The Labute approximate surface area is 86.9 Å². The molecule has 1 rings (SSSR count). The molecule has 1 aromatic heterocycles. The van der Waals surface area contributed by atoms with E-state index < -0.39 is 0 Å². The van der Waals surface area contributed by atoms with E-state index in [4.69, 9.17) is 17.3 Å². The van der Waals surface area contributed by atoms with Gasteiger partial charge < -0.3 is 11.1 Å². The van der Waals surface area contributed by atoms with Crippen molar-refractivity contribution in [2.24, 2.45) is 5.73 Å². The average molecular weight is 217 g/mol. The molecule has 0 spiro atoms. The Morgan fingerprint density at radius 1 is 1.71 bits per heavy atom. The van der Waals surface area contributed by atoms with Gasteiger partial charge in [-0.1, -0.05) is 11.6 Å². The first kappa shape index (κ1) is 11.0. The van der Waals surface area contributed by atoms with E-state index in [1.807, 2.05) is 6.92 Å². The monoisotopic (exact) mass is 216 g/mol. The average Bonchev–Trinajstić information content (AvgIpc) is 2.20. The second-order valence-corrected chi connectivity index (χ2v) is 3.09. The Morgan fingerprint density at radius 2 is 2.43 bits per heavy atom. The van der Waals surface area contributed by atoms with E-state index in [1.54, 1.807) is 0 Å². The van der Waals surface area contributed by atoms with Gasteiger partial charge in [0.05, 0.1) is 11.9 Å². The summed E-state index contributed by atoms with van der Waals surface area (Å²) in [5.41, 5.74) is 5.56. The van der Waals surface area contributed by atoms with Crippen LogP contribution in [0.3, 0.4) is 0 Å². The predicted molar refractivity (Wildman–Crippen MR) is 56.7 cm³/mol. The van der Waals surface area contributed by atoms with Gasteiger partial charge >= 0.3 is 0 Å². The second kappa shape index (κ2) is 4.97. The van der Waals surface area contributed by atoms with Crippen molar-refractivity contribution in [3.8, 4) is 0 Å². The minimum absolute atomic E-state index is 0.162. The number of nitrogens with zero attached hydrogens (tertiary/aromatic N) is 2. The summed E-state index contributed by atoms with van der Waals surface area (Å²) in [4.78, 5) is 11.5. The Balaban J connectivity index is 2.99. The van der Waals surface area contributed by atoms with Crippen molar-refractivity contribution in [1.82, 2.24) is 9.78 Å². The number of aryl methyl sites for hydroxylation is 1. The molecule has 0 bridgehead atoms. The summed E-state index contributed by atoms with van der Waals surface area (Å²) < 4.78 is 1.30. The molecule has 0 aromatic carbocycles. The van der Waals surface area contributed by atoms with Gasteiger partial charge in [-0.05, 0) is 6.92 Å². The van der Waals surface area contributed by atoms with Crippen LogP contribution in [0.4, 0.5) is 5.69 Å². The molecule has 0 fully saturated rings. The third kappa shape index (κ3) is 2.24. The van der Waals surface area contributed by atoms with Crippen molar-refractivity contribution >= 4 is 17.3 Å². The van der Waals surface area contributed by atoms with Crippen LogP contribution in [0, 0.1) is 0 Å². The number of halogens is 1. The first-order valence-corrected chi connectivity index (χ1v) is 4.78. The predicted octanol–water partition coefficient (Wildman–Crippen LogP) is 0.287. The Kier molecular flexibility index (Phi) is 3.91. The smallest absolute Gasteiger partial charge is 0.287 e. The van der Waals surface area contributed by atoms with E-state index in [0.717, 1.165) is 0 Å². The van der Waals surface area contributed by atoms with Crippen LogP contribution in [0.1, 0.15) is 6.92 Å². The van der Waals surface area contributed by atoms with Crippen LogP contribution in [0.25, 0.3) is 0 Å². The largest absolute Gasteiger partial charge is 0.381 e. The topological polar surface area (TPSA) is 72.9 Å². The van der Waals surface area contributed by atoms with Gasteiger partial charge in [0, 0.05) is 19.6 Å². The van der Waals surface area contributed by atoms with Gasteiger partial charge in [-0.15, -0.1) is 0 Å². The number of anilines is 1. The van der Waals surface area contributed by atoms with Crippen LogP contribution in [0.5, 0.6) is 0 Å². The molecule has 14 heavy (non-hydrogen) atoms. The maximum absolute atomic E-state index is 11.5. The van der Waals surface area contributed by atoms with Crippen molar-refractivity contribution in [1.29, 1.82) is 0 Å². The maximum atomic E-state index is 11.5. The van der Waals surface area contributed by atoms with E-state index in [0.29, 0.717) is 25.3 Å². The number of rotatable bonds is 4. The lowest BCUT2D eigenvalue weighted by atomic mass is 10.4. The molecule has 0 aliphatic heterocycles. The van der Waals surface area contributed by atoms with E-state index in [1.165, 1.54) is 10.9 Å². The second-order valence-electron chi connectivity index (χ2n) is 2.71. The summed E-state index contributed by atoms with van der Waals surface area (Å²) in [5, 5.41) is 7.01. The van der Waals surface area contributed by atoms with Crippen molar-refractivity contribution in [3.05, 3.63) is 21.6 Å². The highest BCUT2D eigenvalue weighted by Gasteiger charge is 2.06. The van der Waals surface area contributed by atoms with Crippen LogP contribution in [0.15, 0.2) is 11.0 Å². The first-order chi connectivity index (χ1) is 6.70. The first-order valence-electron chi connectivity index (χ1n) is 4.40. The van der Waals surface area contributed by atoms with Gasteiger partial charge in [0.2, 0.25) is 0 Å². The van der Waals surface area contributed by atoms with Crippen LogP contribution >= 0.6 is 11.6 Å². The van der Waals surface area contributed by atoms with Crippen molar-refractivity contribution in [3.63, 3.8) is 0 Å². The number of aromatic nitrogens is 2. The van der Waals surface area contributed by atoms with Crippen molar-refractivity contribution in [2.45, 2.75) is 13.5 Å². The molecule has 0 aliphatic carbocycles. The molecule has 1 heterocycles. The minimum atomic E-state index is -0.281. The molecule has 3 N–H and O–H groups in total. The van der Waals surface area contributed by atoms with Gasteiger partial charge in [-0.2, -0.15) is 5.10 Å². The van der Waals surface area contributed by atoms with E-state index in [-0.39, 0.29) is 10.6 Å². The SMILES string of the molecule is CCn1ncc(NCCN)c(Cl)c1=O. The Hall–Kier alpha value is -1.07. The summed E-state index contributed by atoms with van der Waals surface area (Å²) in [6, 6.07) is 0. The Bertz CT molecular complexity index is 363. The number of nitrogens with one attached hydrogen (secondary N) is 1. The highest BCUT2D eigenvalue weighted by Crippen LogP contribution is 2.14. The molecule has 0 amide bonds. The summed E-state index contributed by atoms with van der Waals surface area (Å²) in [6.45, 7) is 3.39. The van der Waals surface area contributed by atoms with E-state index in [2.05, 4.69) is 10.4 Å². The normalized spacial score (nSPS) is 10.2. The molecule has 0 saturated carbocycles. The van der Waals surface area contributed by atoms with Crippen LogP contribution < -0.4 is 16.6 Å². The molecular weight excluding hydrogens is 204 g/mol. The fourth-order valence-electron chi connectivity index (χ4n) is 1.02. The van der Waals surface area contributed by atoms with Gasteiger partial charge in [0.25, 0.3) is 5.56 Å². The van der Waals surface area contributed by atoms with E-state index >= 15 is 0 Å². The maximum Gasteiger partial charge on any atom is 0.287 e. The molecule has 5 nitrogen and oxygen atoms in total. The van der Waals surface area contributed by atoms with Crippen LogP contribution in [0.2, 0.25) is 5.02 Å². The van der Waals surface area contributed by atoms with Crippen molar-refractivity contribution < 1.29 is 0 Å². The quantitative estimate of drug-likeness (QED) is 0.759. The summed E-state index contributed by atoms with van der Waals surface area (Å²) >= 11 is 5.84. The third-order valence-corrected chi connectivity index (χ3v) is 2.11. The lowest BCUT2D eigenvalue weighted by Gasteiger charge is -2.07. The third-order valence-electron chi connectivity index (χ3n) is 1.74. The molecule has 78 valence electrons. The fourth-order valence-corrected chi connectivity index (χ4v) is 1.23.